The van der Waals surface area contributed by atoms with Crippen molar-refractivity contribution in [2.75, 3.05) is 6.61 Å². The number of ether oxygens (including phenoxy) is 1. The summed E-state index contributed by atoms with van der Waals surface area (Å²) < 4.78 is 5.67. The lowest BCUT2D eigenvalue weighted by molar-refractivity contribution is -0.145. The fourth-order valence-corrected chi connectivity index (χ4v) is 4.96. The van der Waals surface area contributed by atoms with E-state index >= 15 is 0 Å². The van der Waals surface area contributed by atoms with Crippen LogP contribution in [0.25, 0.3) is 11.1 Å². The van der Waals surface area contributed by atoms with Crippen molar-refractivity contribution in [2.24, 2.45) is 0 Å². The number of carbonyl (C=O) groups excluding carboxylic acids is 1. The minimum atomic E-state index is -1.34. The number of carboxylic acid groups (broad SMARTS) is 1. The lowest BCUT2D eigenvalue weighted by Gasteiger charge is -2.30. The topological polar surface area (TPSA) is 75.6 Å². The van der Waals surface area contributed by atoms with Crippen LogP contribution in [-0.4, -0.2) is 29.3 Å². The van der Waals surface area contributed by atoms with Crippen LogP contribution in [-0.2, 0) is 9.53 Å². The Bertz CT molecular complexity index is 985. The number of aliphatic carboxylic acids is 1. The second kappa shape index (κ2) is 12.9. The highest BCUT2D eigenvalue weighted by atomic mass is 16.5. The smallest absolute Gasteiger partial charge is 0.408 e. The van der Waals surface area contributed by atoms with Crippen LogP contribution in [0.3, 0.4) is 0 Å². The SMILES string of the molecule is C=CCCCCCC[C@](CCCC=C)(NC(=O)OCC1c2ccccc2-c2ccccc21)C(=O)O. The number of hydrogen-bond acceptors (Lipinski definition) is 3. The molecule has 2 aromatic rings. The van der Waals surface area contributed by atoms with Gasteiger partial charge in [0.05, 0.1) is 0 Å². The lowest BCUT2D eigenvalue weighted by Crippen LogP contribution is -2.54. The van der Waals surface area contributed by atoms with Crippen molar-refractivity contribution in [1.82, 2.24) is 5.32 Å². The predicted octanol–water partition coefficient (Wildman–Crippen LogP) is 7.23. The van der Waals surface area contributed by atoms with Crippen LogP contribution in [0.4, 0.5) is 4.79 Å². The number of unbranched alkanes of at least 4 members (excludes halogenated alkanes) is 5. The Morgan fingerprint density at radius 1 is 0.857 bits per heavy atom. The van der Waals surface area contributed by atoms with E-state index in [1.807, 2.05) is 30.3 Å². The Balaban J connectivity index is 1.67. The van der Waals surface area contributed by atoms with Gasteiger partial charge in [-0.25, -0.2) is 9.59 Å². The zero-order valence-electron chi connectivity index (χ0n) is 20.5. The Morgan fingerprint density at radius 2 is 1.40 bits per heavy atom. The third-order valence-electron chi connectivity index (χ3n) is 6.87. The van der Waals surface area contributed by atoms with Gasteiger partial charge in [-0.3, -0.25) is 0 Å². The molecule has 0 fully saturated rings. The molecule has 0 saturated carbocycles. The van der Waals surface area contributed by atoms with Crippen LogP contribution < -0.4 is 5.32 Å². The van der Waals surface area contributed by atoms with E-state index in [2.05, 4.69) is 42.7 Å². The number of allylic oxidation sites excluding steroid dienone is 2. The molecule has 0 bridgehead atoms. The summed E-state index contributed by atoms with van der Waals surface area (Å²) in [5.41, 5.74) is 3.20. The number of hydrogen-bond donors (Lipinski definition) is 2. The summed E-state index contributed by atoms with van der Waals surface area (Å²) in [4.78, 5) is 25.3. The Kier molecular flexibility index (Phi) is 9.71. The van der Waals surface area contributed by atoms with Crippen molar-refractivity contribution in [1.29, 1.82) is 0 Å². The first-order valence-electron chi connectivity index (χ1n) is 12.6. The second-order valence-electron chi connectivity index (χ2n) is 9.26. The second-order valence-corrected chi connectivity index (χ2v) is 9.26. The average Bonchev–Trinajstić information content (AvgIpc) is 3.18. The summed E-state index contributed by atoms with van der Waals surface area (Å²) in [5, 5.41) is 12.9. The summed E-state index contributed by atoms with van der Waals surface area (Å²) in [6, 6.07) is 16.3. The maximum Gasteiger partial charge on any atom is 0.408 e. The van der Waals surface area contributed by atoms with Gasteiger partial charge in [-0.1, -0.05) is 79.9 Å². The number of fused-ring (bicyclic) bond motifs is 3. The molecule has 5 nitrogen and oxygen atoms in total. The van der Waals surface area contributed by atoms with Crippen molar-refractivity contribution >= 4 is 12.1 Å². The number of carbonyl (C=O) groups is 2. The van der Waals surface area contributed by atoms with E-state index in [1.54, 1.807) is 6.08 Å². The fraction of sp³-hybridized carbons (Fsp3) is 0.400. The third-order valence-corrected chi connectivity index (χ3v) is 6.87. The minimum Gasteiger partial charge on any atom is -0.480 e. The number of carboxylic acids is 1. The van der Waals surface area contributed by atoms with Gasteiger partial charge in [0.2, 0.25) is 0 Å². The van der Waals surface area contributed by atoms with Crippen molar-refractivity contribution in [3.8, 4) is 11.1 Å². The fourth-order valence-electron chi connectivity index (χ4n) is 4.96. The minimum absolute atomic E-state index is 0.0713. The number of rotatable bonds is 15. The monoisotopic (exact) mass is 475 g/mol. The van der Waals surface area contributed by atoms with Gasteiger partial charge < -0.3 is 15.2 Å². The molecule has 1 aliphatic rings. The maximum atomic E-state index is 12.9. The number of benzene rings is 2. The van der Waals surface area contributed by atoms with Gasteiger partial charge >= 0.3 is 12.1 Å². The zero-order valence-corrected chi connectivity index (χ0v) is 20.5. The van der Waals surface area contributed by atoms with E-state index in [4.69, 9.17) is 4.74 Å². The quantitative estimate of drug-likeness (QED) is 0.210. The summed E-state index contributed by atoms with van der Waals surface area (Å²) in [5.74, 6) is -1.08. The molecule has 0 unspecified atom stereocenters. The van der Waals surface area contributed by atoms with Gasteiger partial charge in [0.1, 0.15) is 12.1 Å². The molecule has 1 amide bonds. The highest BCUT2D eigenvalue weighted by Gasteiger charge is 2.40. The first-order valence-corrected chi connectivity index (χ1v) is 12.6. The normalized spacial score (nSPS) is 13.8. The maximum absolute atomic E-state index is 12.9. The van der Waals surface area contributed by atoms with Crippen molar-refractivity contribution in [3.63, 3.8) is 0 Å². The van der Waals surface area contributed by atoms with Crippen LogP contribution in [0.15, 0.2) is 73.8 Å². The van der Waals surface area contributed by atoms with Crippen LogP contribution in [0, 0.1) is 0 Å². The van der Waals surface area contributed by atoms with E-state index in [9.17, 15) is 14.7 Å². The third kappa shape index (κ3) is 6.62. The summed E-state index contributed by atoms with van der Waals surface area (Å²) >= 11 is 0. The van der Waals surface area contributed by atoms with Gasteiger partial charge in [-0.15, -0.1) is 13.2 Å². The molecule has 3 rings (SSSR count). The predicted molar refractivity (Wildman–Crippen MR) is 141 cm³/mol. The lowest BCUT2D eigenvalue weighted by atomic mass is 9.86. The molecule has 0 spiro atoms. The number of alkyl carbamates (subject to hydrolysis) is 1. The van der Waals surface area contributed by atoms with E-state index in [0.29, 0.717) is 25.7 Å². The molecule has 5 heteroatoms. The molecule has 1 aliphatic carbocycles. The zero-order chi connectivity index (χ0) is 25.1. The molecule has 0 aliphatic heterocycles. The first kappa shape index (κ1) is 26.3. The molecule has 1 atom stereocenters. The van der Waals surface area contributed by atoms with E-state index in [0.717, 1.165) is 54.4 Å². The Morgan fingerprint density at radius 3 is 2.00 bits per heavy atom. The van der Waals surface area contributed by atoms with Crippen molar-refractivity contribution in [3.05, 3.63) is 85.0 Å². The highest BCUT2D eigenvalue weighted by molar-refractivity contribution is 5.84. The summed E-state index contributed by atoms with van der Waals surface area (Å²) in [6.07, 6.45) is 9.68. The molecule has 186 valence electrons. The molecular weight excluding hydrogens is 438 g/mol. The standard InChI is InChI=1S/C30H37NO4/c1-3-5-7-8-9-15-21-30(28(32)33,20-14-6-4-2)31-29(34)35-22-27-25-18-12-10-16-23(25)24-17-11-13-19-26(24)27/h3-4,10-13,16-19,27H,1-2,5-9,14-15,20-22H2,(H,31,34)(H,32,33)/t30-/m0/s1. The Labute approximate surface area is 208 Å². The molecule has 2 aromatic carbocycles. The van der Waals surface area contributed by atoms with E-state index in [-0.39, 0.29) is 12.5 Å². The van der Waals surface area contributed by atoms with Gasteiger partial charge in [-0.05, 0) is 60.8 Å². The summed E-state index contributed by atoms with van der Waals surface area (Å²) in [7, 11) is 0. The highest BCUT2D eigenvalue weighted by Crippen LogP contribution is 2.44. The Hall–Kier alpha value is -3.34. The number of nitrogens with one attached hydrogen (secondary N) is 1. The summed E-state index contributed by atoms with van der Waals surface area (Å²) in [6.45, 7) is 7.63. The van der Waals surface area contributed by atoms with Crippen LogP contribution in [0.5, 0.6) is 0 Å². The molecule has 0 heterocycles. The first-order chi connectivity index (χ1) is 17.0. The molecule has 0 radical (unpaired) electrons. The van der Waals surface area contributed by atoms with Gasteiger partial charge in [0, 0.05) is 5.92 Å². The van der Waals surface area contributed by atoms with Crippen LogP contribution >= 0.6 is 0 Å². The van der Waals surface area contributed by atoms with E-state index < -0.39 is 17.6 Å². The van der Waals surface area contributed by atoms with Crippen molar-refractivity contribution < 1.29 is 19.4 Å². The molecular formula is C30H37NO4. The van der Waals surface area contributed by atoms with Crippen molar-refractivity contribution in [2.45, 2.75) is 69.2 Å². The molecule has 35 heavy (non-hydrogen) atoms. The largest absolute Gasteiger partial charge is 0.480 e. The van der Waals surface area contributed by atoms with E-state index in [1.165, 1.54) is 0 Å². The van der Waals surface area contributed by atoms with Gasteiger partial charge in [-0.2, -0.15) is 0 Å². The van der Waals surface area contributed by atoms with Gasteiger partial charge in [0.25, 0.3) is 0 Å². The average molecular weight is 476 g/mol. The van der Waals surface area contributed by atoms with Gasteiger partial charge in [0.15, 0.2) is 0 Å². The number of amides is 1. The molecule has 2 N–H and O–H groups in total. The van der Waals surface area contributed by atoms with Crippen LogP contribution in [0.1, 0.15) is 74.8 Å². The molecule has 0 aromatic heterocycles. The van der Waals surface area contributed by atoms with Crippen LogP contribution in [0.2, 0.25) is 0 Å². The molecule has 0 saturated heterocycles.